The van der Waals surface area contributed by atoms with Gasteiger partial charge < -0.3 is 9.84 Å². The Morgan fingerprint density at radius 3 is 2.04 bits per heavy atom. The van der Waals surface area contributed by atoms with E-state index >= 15 is 0 Å². The average molecular weight is 370 g/mol. The molecular weight excluding hydrogens is 361 g/mol. The molecule has 0 amide bonds. The van der Waals surface area contributed by atoms with Gasteiger partial charge in [0.2, 0.25) is 0 Å². The minimum atomic E-state index is -6.53. The second kappa shape index (κ2) is 5.78. The first-order valence-electron chi connectivity index (χ1n) is 6.52. The number of rotatable bonds is 4. The summed E-state index contributed by atoms with van der Waals surface area (Å²) in [5.74, 6) is -14.6. The Morgan fingerprint density at radius 2 is 1.56 bits per heavy atom. The van der Waals surface area contributed by atoms with E-state index in [0.29, 0.717) is 6.07 Å². The highest BCUT2D eigenvalue weighted by molar-refractivity contribution is 6.05. The average Bonchev–Trinajstić information content (AvgIpc) is 2.51. The minimum absolute atomic E-state index is 0.427. The number of ether oxygens (including phenoxy) is 1. The van der Waals surface area contributed by atoms with Crippen molar-refractivity contribution in [2.24, 2.45) is 0 Å². The molecule has 0 saturated heterocycles. The van der Waals surface area contributed by atoms with Gasteiger partial charge in [0.25, 0.3) is 0 Å². The number of carboxylic acids is 1. The molecule has 0 aliphatic heterocycles. The molecule has 0 spiro atoms. The molecule has 0 heterocycles. The number of fused-ring (bicyclic) bond motifs is 1. The molecule has 0 radical (unpaired) electrons. The highest BCUT2D eigenvalue weighted by Crippen LogP contribution is 2.55. The zero-order chi connectivity index (χ0) is 19.2. The Bertz CT molecular complexity index is 828. The van der Waals surface area contributed by atoms with Crippen LogP contribution < -0.4 is 4.74 Å². The van der Waals surface area contributed by atoms with Crippen molar-refractivity contribution < 1.29 is 45.4 Å². The summed E-state index contributed by atoms with van der Waals surface area (Å²) in [6, 6.07) is 4.48. The predicted octanol–water partition coefficient (Wildman–Crippen LogP) is 4.84. The molecule has 1 N–H and O–H groups in total. The molecule has 0 aliphatic carbocycles. The van der Waals surface area contributed by atoms with Crippen LogP contribution in [0, 0.1) is 0 Å². The first-order chi connectivity index (χ1) is 11.4. The van der Waals surface area contributed by atoms with Gasteiger partial charge in [0, 0.05) is 0 Å². The molecule has 2 rings (SSSR count). The van der Waals surface area contributed by atoms with Gasteiger partial charge in [0.1, 0.15) is 5.75 Å². The van der Waals surface area contributed by atoms with Gasteiger partial charge in [0.05, 0.1) is 18.2 Å². The fourth-order valence-electron chi connectivity index (χ4n) is 2.35. The zero-order valence-electron chi connectivity index (χ0n) is 12.3. The third kappa shape index (κ3) is 2.75. The summed E-state index contributed by atoms with van der Waals surface area (Å²) in [5.41, 5.74) is -2.27. The Kier molecular flexibility index (Phi) is 4.35. The van der Waals surface area contributed by atoms with Gasteiger partial charge >= 0.3 is 24.0 Å². The van der Waals surface area contributed by atoms with Crippen LogP contribution in [0.2, 0.25) is 0 Å². The summed E-state index contributed by atoms with van der Waals surface area (Å²) in [6.07, 6.45) is -6.53. The molecular formula is C15H9F7O3. The smallest absolute Gasteiger partial charge is 0.460 e. The van der Waals surface area contributed by atoms with E-state index in [9.17, 15) is 35.5 Å². The van der Waals surface area contributed by atoms with Crippen molar-refractivity contribution in [3.8, 4) is 5.75 Å². The molecule has 0 saturated carbocycles. The van der Waals surface area contributed by atoms with Crippen molar-refractivity contribution >= 4 is 16.7 Å². The Hall–Kier alpha value is -2.52. The second-order valence-corrected chi connectivity index (χ2v) is 5.00. The lowest BCUT2D eigenvalue weighted by Gasteiger charge is -2.30. The van der Waals surface area contributed by atoms with Gasteiger partial charge in [-0.2, -0.15) is 30.7 Å². The quantitative estimate of drug-likeness (QED) is 0.784. The number of carboxylic acid groups (broad SMARTS) is 1. The van der Waals surface area contributed by atoms with Crippen molar-refractivity contribution in [3.05, 3.63) is 41.5 Å². The van der Waals surface area contributed by atoms with Crippen LogP contribution in [0.3, 0.4) is 0 Å². The number of halogens is 7. The molecule has 3 nitrogen and oxygen atoms in total. The maximum absolute atomic E-state index is 14.2. The van der Waals surface area contributed by atoms with E-state index in [1.807, 2.05) is 0 Å². The van der Waals surface area contributed by atoms with E-state index in [1.165, 1.54) is 0 Å². The molecule has 2 aromatic carbocycles. The summed E-state index contributed by atoms with van der Waals surface area (Å²) in [4.78, 5) is 11.1. The molecule has 10 heteroatoms. The van der Waals surface area contributed by atoms with Crippen molar-refractivity contribution in [2.45, 2.75) is 18.0 Å². The summed E-state index contributed by atoms with van der Waals surface area (Å²) >= 11 is 0. The van der Waals surface area contributed by atoms with Crippen molar-refractivity contribution in [1.29, 1.82) is 0 Å². The highest BCUT2D eigenvalue weighted by atomic mass is 19.4. The summed E-state index contributed by atoms with van der Waals surface area (Å²) < 4.78 is 97.4. The Balaban J connectivity index is 2.93. The van der Waals surface area contributed by atoms with E-state index in [0.717, 1.165) is 31.4 Å². The summed E-state index contributed by atoms with van der Waals surface area (Å²) in [6.45, 7) is 0. The van der Waals surface area contributed by atoms with E-state index in [-0.39, 0.29) is 0 Å². The number of carbonyl (C=O) groups is 1. The normalized spacial score (nSPS) is 13.1. The van der Waals surface area contributed by atoms with Crippen LogP contribution in [-0.2, 0) is 5.92 Å². The first kappa shape index (κ1) is 18.8. The topological polar surface area (TPSA) is 46.5 Å². The van der Waals surface area contributed by atoms with Crippen molar-refractivity contribution in [3.63, 3.8) is 0 Å². The zero-order valence-corrected chi connectivity index (χ0v) is 12.3. The largest absolute Gasteiger partial charge is 0.496 e. The van der Waals surface area contributed by atoms with Gasteiger partial charge in [-0.25, -0.2) is 4.79 Å². The van der Waals surface area contributed by atoms with Crippen molar-refractivity contribution in [1.82, 2.24) is 0 Å². The number of hydrogen-bond donors (Lipinski definition) is 1. The fraction of sp³-hybridized carbons (Fsp3) is 0.267. The van der Waals surface area contributed by atoms with E-state index in [4.69, 9.17) is 5.11 Å². The number of hydrogen-bond acceptors (Lipinski definition) is 2. The molecule has 136 valence electrons. The van der Waals surface area contributed by atoms with Crippen LogP contribution in [0.5, 0.6) is 5.75 Å². The SMILES string of the molecule is COc1ccc2c(C(=O)O)cccc2c1C(F)(F)C(F)(F)C(F)(F)F. The molecule has 0 bridgehead atoms. The van der Waals surface area contributed by atoms with Crippen LogP contribution in [0.1, 0.15) is 15.9 Å². The standard InChI is InChI=1S/C15H9F7O3/c1-25-10-6-5-7-8(3-2-4-9(7)12(23)24)11(10)13(16,17)14(18,19)15(20,21)22/h2-6H,1H3,(H,23,24). The van der Waals surface area contributed by atoms with E-state index < -0.39 is 51.6 Å². The molecule has 0 aromatic heterocycles. The lowest BCUT2D eigenvalue weighted by molar-refractivity contribution is -0.359. The maximum atomic E-state index is 14.2. The van der Waals surface area contributed by atoms with Crippen LogP contribution >= 0.6 is 0 Å². The second-order valence-electron chi connectivity index (χ2n) is 5.00. The molecule has 0 unspecified atom stereocenters. The summed E-state index contributed by atoms with van der Waals surface area (Å²) in [7, 11) is 0.813. The van der Waals surface area contributed by atoms with E-state index in [2.05, 4.69) is 4.74 Å². The summed E-state index contributed by atoms with van der Waals surface area (Å²) in [5, 5.41) is 7.83. The number of alkyl halides is 7. The molecule has 0 fully saturated rings. The van der Waals surface area contributed by atoms with Gasteiger partial charge in [-0.05, 0) is 29.0 Å². The van der Waals surface area contributed by atoms with Crippen LogP contribution in [0.4, 0.5) is 30.7 Å². The van der Waals surface area contributed by atoms with Crippen LogP contribution in [0.25, 0.3) is 10.8 Å². The number of methoxy groups -OCH3 is 1. The van der Waals surface area contributed by atoms with Gasteiger partial charge in [-0.15, -0.1) is 0 Å². The fourth-order valence-corrected chi connectivity index (χ4v) is 2.35. The Morgan fingerprint density at radius 1 is 0.960 bits per heavy atom. The predicted molar refractivity (Wildman–Crippen MR) is 72.4 cm³/mol. The van der Waals surface area contributed by atoms with Crippen LogP contribution in [-0.4, -0.2) is 30.3 Å². The Labute approximate surface area is 135 Å². The van der Waals surface area contributed by atoms with Crippen molar-refractivity contribution in [2.75, 3.05) is 7.11 Å². The number of benzene rings is 2. The molecule has 0 atom stereocenters. The van der Waals surface area contributed by atoms with Crippen LogP contribution in [0.15, 0.2) is 30.3 Å². The van der Waals surface area contributed by atoms with E-state index in [1.54, 1.807) is 0 Å². The molecule has 25 heavy (non-hydrogen) atoms. The maximum Gasteiger partial charge on any atom is 0.460 e. The lowest BCUT2D eigenvalue weighted by atomic mass is 9.92. The third-order valence-corrected chi connectivity index (χ3v) is 3.54. The molecule has 2 aromatic rings. The number of aromatic carboxylic acids is 1. The van der Waals surface area contributed by atoms with Gasteiger partial charge in [-0.3, -0.25) is 0 Å². The lowest BCUT2D eigenvalue weighted by Crippen LogP contribution is -2.50. The molecule has 0 aliphatic rings. The monoisotopic (exact) mass is 370 g/mol. The van der Waals surface area contributed by atoms with Gasteiger partial charge in [0.15, 0.2) is 0 Å². The third-order valence-electron chi connectivity index (χ3n) is 3.54. The first-order valence-corrected chi connectivity index (χ1v) is 6.52. The van der Waals surface area contributed by atoms with Gasteiger partial charge in [-0.1, -0.05) is 12.1 Å². The highest BCUT2D eigenvalue weighted by Gasteiger charge is 2.74. The minimum Gasteiger partial charge on any atom is -0.496 e.